The molecule has 2 heterocycles. The Labute approximate surface area is 185 Å². The molecular formula is C23H23ClN4O3. The quantitative estimate of drug-likeness (QED) is 0.443. The molecule has 0 spiro atoms. The maximum Gasteiger partial charge on any atom is 0.259 e. The Morgan fingerprint density at radius 1 is 1.13 bits per heavy atom. The third-order valence-corrected chi connectivity index (χ3v) is 5.51. The topological polar surface area (TPSA) is 76.9 Å². The van der Waals surface area contributed by atoms with Crippen LogP contribution in [0, 0.1) is 20.8 Å². The molecule has 1 aliphatic heterocycles. The van der Waals surface area contributed by atoms with Gasteiger partial charge in [0.05, 0.1) is 12.8 Å². The Hall–Kier alpha value is -3.45. The summed E-state index contributed by atoms with van der Waals surface area (Å²) in [6.45, 7) is 6.30. The van der Waals surface area contributed by atoms with Crippen LogP contribution in [0.25, 0.3) is 5.69 Å². The van der Waals surface area contributed by atoms with Gasteiger partial charge in [0, 0.05) is 39.4 Å². The minimum absolute atomic E-state index is 0.0812. The molecule has 1 aliphatic rings. The third-order valence-electron chi connectivity index (χ3n) is 5.10. The molecule has 8 heteroatoms. The summed E-state index contributed by atoms with van der Waals surface area (Å²) >= 11 is 6.29. The van der Waals surface area contributed by atoms with Crippen molar-refractivity contribution in [2.75, 3.05) is 18.7 Å². The van der Waals surface area contributed by atoms with E-state index in [4.69, 9.17) is 21.1 Å². The Kier molecular flexibility index (Phi) is 5.86. The van der Waals surface area contributed by atoms with E-state index in [2.05, 4.69) is 20.4 Å². The molecule has 160 valence electrons. The SMILES string of the molecule is Cc1ccc(-n2c(C)cc(/C=N\NC(=O)CNc3ccc4c(c3)OCO4)c2C)cc1Cl. The molecule has 0 unspecified atom stereocenters. The molecule has 0 fully saturated rings. The van der Waals surface area contributed by atoms with Crippen LogP contribution in [-0.4, -0.2) is 30.0 Å². The second kappa shape index (κ2) is 8.73. The summed E-state index contributed by atoms with van der Waals surface area (Å²) in [4.78, 5) is 12.1. The zero-order valence-corrected chi connectivity index (χ0v) is 18.3. The number of aromatic nitrogens is 1. The Morgan fingerprint density at radius 3 is 2.74 bits per heavy atom. The summed E-state index contributed by atoms with van der Waals surface area (Å²) in [5, 5.41) is 7.87. The normalized spacial score (nSPS) is 12.4. The fourth-order valence-electron chi connectivity index (χ4n) is 3.44. The maximum absolute atomic E-state index is 12.1. The zero-order valence-electron chi connectivity index (χ0n) is 17.5. The maximum atomic E-state index is 12.1. The number of amides is 1. The van der Waals surface area contributed by atoms with Gasteiger partial charge < -0.3 is 19.4 Å². The number of nitrogens with zero attached hydrogens (tertiary/aromatic N) is 2. The molecule has 0 saturated carbocycles. The summed E-state index contributed by atoms with van der Waals surface area (Å²) in [7, 11) is 0. The lowest BCUT2D eigenvalue weighted by Crippen LogP contribution is -2.25. The second-order valence-corrected chi connectivity index (χ2v) is 7.72. The van der Waals surface area contributed by atoms with Crippen molar-refractivity contribution in [1.29, 1.82) is 0 Å². The van der Waals surface area contributed by atoms with Gasteiger partial charge in [-0.3, -0.25) is 4.79 Å². The largest absolute Gasteiger partial charge is 0.454 e. The highest BCUT2D eigenvalue weighted by atomic mass is 35.5. The molecule has 0 saturated heterocycles. The fraction of sp³-hybridized carbons (Fsp3) is 0.217. The molecule has 0 radical (unpaired) electrons. The smallest absolute Gasteiger partial charge is 0.259 e. The van der Waals surface area contributed by atoms with Crippen molar-refractivity contribution in [2.24, 2.45) is 5.10 Å². The molecule has 2 N–H and O–H groups in total. The van der Waals surface area contributed by atoms with Crippen molar-refractivity contribution < 1.29 is 14.3 Å². The first kappa shape index (κ1) is 20.8. The number of halogens is 1. The number of rotatable bonds is 6. The number of aryl methyl sites for hydroxylation is 2. The van der Waals surface area contributed by atoms with E-state index in [9.17, 15) is 4.79 Å². The number of carbonyl (C=O) groups is 1. The van der Waals surface area contributed by atoms with Crippen molar-refractivity contribution in [3.63, 3.8) is 0 Å². The van der Waals surface area contributed by atoms with E-state index in [1.165, 1.54) is 0 Å². The number of fused-ring (bicyclic) bond motifs is 1. The number of anilines is 1. The van der Waals surface area contributed by atoms with Crippen LogP contribution in [0.5, 0.6) is 11.5 Å². The number of ether oxygens (including phenoxy) is 2. The number of nitrogens with one attached hydrogen (secondary N) is 2. The summed E-state index contributed by atoms with van der Waals surface area (Å²) in [5.41, 5.74) is 8.31. The van der Waals surface area contributed by atoms with Gasteiger partial charge in [0.2, 0.25) is 6.79 Å². The van der Waals surface area contributed by atoms with Crippen LogP contribution in [-0.2, 0) is 4.79 Å². The lowest BCUT2D eigenvalue weighted by molar-refractivity contribution is -0.119. The van der Waals surface area contributed by atoms with Crippen LogP contribution >= 0.6 is 11.6 Å². The number of benzene rings is 2. The number of hydrogen-bond acceptors (Lipinski definition) is 5. The van der Waals surface area contributed by atoms with Gasteiger partial charge in [-0.15, -0.1) is 0 Å². The van der Waals surface area contributed by atoms with Crippen LogP contribution in [0.2, 0.25) is 5.02 Å². The number of hydrazone groups is 1. The predicted molar refractivity (Wildman–Crippen MR) is 122 cm³/mol. The van der Waals surface area contributed by atoms with Gasteiger partial charge in [0.1, 0.15) is 0 Å². The predicted octanol–water partition coefficient (Wildman–Crippen LogP) is 4.35. The lowest BCUT2D eigenvalue weighted by atomic mass is 10.2. The minimum atomic E-state index is -0.256. The molecule has 1 amide bonds. The van der Waals surface area contributed by atoms with Gasteiger partial charge in [0.15, 0.2) is 11.5 Å². The molecule has 0 aliphatic carbocycles. The van der Waals surface area contributed by atoms with Gasteiger partial charge in [-0.05, 0) is 56.7 Å². The van der Waals surface area contributed by atoms with E-state index in [0.717, 1.165) is 38.9 Å². The van der Waals surface area contributed by atoms with Crippen LogP contribution in [0.4, 0.5) is 5.69 Å². The van der Waals surface area contributed by atoms with Crippen molar-refractivity contribution in [3.8, 4) is 17.2 Å². The summed E-state index contributed by atoms with van der Waals surface area (Å²) in [5.74, 6) is 1.10. The summed E-state index contributed by atoms with van der Waals surface area (Å²) in [6.07, 6.45) is 1.65. The van der Waals surface area contributed by atoms with E-state index < -0.39 is 0 Å². The van der Waals surface area contributed by atoms with E-state index in [0.29, 0.717) is 11.5 Å². The second-order valence-electron chi connectivity index (χ2n) is 7.31. The van der Waals surface area contributed by atoms with Crippen molar-refractivity contribution >= 4 is 29.4 Å². The van der Waals surface area contributed by atoms with E-state index in [1.54, 1.807) is 18.3 Å². The average molecular weight is 439 g/mol. The standard InChI is InChI=1S/C23H23ClN4O3/c1-14-4-6-19(10-20(14)24)28-15(2)8-17(16(28)3)11-26-27-23(29)12-25-18-5-7-21-22(9-18)31-13-30-21/h4-11,25H,12-13H2,1-3H3,(H,27,29)/b26-11-. The first-order valence-corrected chi connectivity index (χ1v) is 10.2. The molecule has 3 aromatic rings. The number of hydrogen-bond donors (Lipinski definition) is 2. The van der Waals surface area contributed by atoms with Gasteiger partial charge in [-0.25, -0.2) is 5.43 Å². The molecule has 1 aromatic heterocycles. The van der Waals surface area contributed by atoms with Gasteiger partial charge in [-0.2, -0.15) is 5.10 Å². The van der Waals surface area contributed by atoms with E-state index in [1.807, 2.05) is 51.1 Å². The van der Waals surface area contributed by atoms with Gasteiger partial charge in [0.25, 0.3) is 5.91 Å². The van der Waals surface area contributed by atoms with Crippen molar-refractivity contribution in [2.45, 2.75) is 20.8 Å². The molecule has 31 heavy (non-hydrogen) atoms. The highest BCUT2D eigenvalue weighted by molar-refractivity contribution is 6.31. The van der Waals surface area contributed by atoms with Gasteiger partial charge >= 0.3 is 0 Å². The molecule has 7 nitrogen and oxygen atoms in total. The summed E-state index contributed by atoms with van der Waals surface area (Å²) in [6, 6.07) is 13.4. The first-order chi connectivity index (χ1) is 14.9. The van der Waals surface area contributed by atoms with Crippen molar-refractivity contribution in [3.05, 3.63) is 70.0 Å². The molecule has 4 rings (SSSR count). The average Bonchev–Trinajstić information content (AvgIpc) is 3.32. The molecular weight excluding hydrogens is 416 g/mol. The number of carbonyl (C=O) groups excluding carboxylic acids is 1. The minimum Gasteiger partial charge on any atom is -0.454 e. The van der Waals surface area contributed by atoms with E-state index >= 15 is 0 Å². The molecule has 2 aromatic carbocycles. The van der Waals surface area contributed by atoms with Crippen LogP contribution in [0.15, 0.2) is 47.6 Å². The van der Waals surface area contributed by atoms with Crippen LogP contribution in [0.3, 0.4) is 0 Å². The Balaban J connectivity index is 1.37. The first-order valence-electron chi connectivity index (χ1n) is 9.83. The molecule has 0 bridgehead atoms. The van der Waals surface area contributed by atoms with Crippen molar-refractivity contribution in [1.82, 2.24) is 9.99 Å². The monoisotopic (exact) mass is 438 g/mol. The highest BCUT2D eigenvalue weighted by Crippen LogP contribution is 2.34. The van der Waals surface area contributed by atoms with Gasteiger partial charge in [-0.1, -0.05) is 17.7 Å². The highest BCUT2D eigenvalue weighted by Gasteiger charge is 2.13. The lowest BCUT2D eigenvalue weighted by Gasteiger charge is -2.11. The Bertz CT molecular complexity index is 1170. The zero-order chi connectivity index (χ0) is 22.0. The fourth-order valence-corrected chi connectivity index (χ4v) is 3.61. The summed E-state index contributed by atoms with van der Waals surface area (Å²) < 4.78 is 12.7. The van der Waals surface area contributed by atoms with Crippen LogP contribution in [0.1, 0.15) is 22.5 Å². The Morgan fingerprint density at radius 2 is 1.94 bits per heavy atom. The van der Waals surface area contributed by atoms with Crippen LogP contribution < -0.4 is 20.2 Å². The van der Waals surface area contributed by atoms with E-state index in [-0.39, 0.29) is 19.2 Å². The third kappa shape index (κ3) is 4.51. The molecule has 0 atom stereocenters.